The van der Waals surface area contributed by atoms with Gasteiger partial charge in [0.25, 0.3) is 0 Å². The lowest BCUT2D eigenvalue weighted by Gasteiger charge is -2.03. The Balaban J connectivity index is 2.56. The van der Waals surface area contributed by atoms with E-state index in [0.29, 0.717) is 12.1 Å². The molecule has 0 aromatic heterocycles. The fourth-order valence-corrected chi connectivity index (χ4v) is 1.34. The van der Waals surface area contributed by atoms with Gasteiger partial charge in [0.15, 0.2) is 0 Å². The molecule has 0 spiro atoms. The van der Waals surface area contributed by atoms with Gasteiger partial charge in [-0.3, -0.25) is 0 Å². The van der Waals surface area contributed by atoms with E-state index in [-0.39, 0.29) is 0 Å². The highest BCUT2D eigenvalue weighted by Gasteiger charge is 2.02. The molecular formula is C9H10F2IN. The van der Waals surface area contributed by atoms with Crippen molar-refractivity contribution in [2.24, 2.45) is 0 Å². The highest BCUT2D eigenvalue weighted by Crippen LogP contribution is 2.08. The van der Waals surface area contributed by atoms with Crippen LogP contribution in [0.25, 0.3) is 0 Å². The van der Waals surface area contributed by atoms with Crippen molar-refractivity contribution in [3.05, 3.63) is 35.4 Å². The van der Waals surface area contributed by atoms with Gasteiger partial charge in [0.1, 0.15) is 11.6 Å². The maximum Gasteiger partial charge on any atom is 0.130 e. The third kappa shape index (κ3) is 3.56. The van der Waals surface area contributed by atoms with Crippen LogP contribution in [0.5, 0.6) is 0 Å². The van der Waals surface area contributed by atoms with Crippen LogP contribution in [0, 0.1) is 11.6 Å². The van der Waals surface area contributed by atoms with Gasteiger partial charge in [-0.05, 0) is 6.07 Å². The number of alkyl halides is 1. The number of rotatable bonds is 4. The zero-order chi connectivity index (χ0) is 9.68. The Morgan fingerprint density at radius 1 is 1.31 bits per heavy atom. The molecule has 0 aliphatic heterocycles. The van der Waals surface area contributed by atoms with Crippen LogP contribution in [0.2, 0.25) is 0 Å². The van der Waals surface area contributed by atoms with Crippen molar-refractivity contribution >= 4 is 22.6 Å². The molecule has 72 valence electrons. The summed E-state index contributed by atoms with van der Waals surface area (Å²) in [7, 11) is 0. The summed E-state index contributed by atoms with van der Waals surface area (Å²) in [5.41, 5.74) is 0.506. The SMILES string of the molecule is Fc1ccc(CNCCI)c(F)c1. The first-order valence-corrected chi connectivity index (χ1v) is 5.47. The molecule has 13 heavy (non-hydrogen) atoms. The Labute approximate surface area is 89.7 Å². The Hall–Kier alpha value is -0.230. The second kappa shape index (κ2) is 5.49. The number of nitrogens with one attached hydrogen (secondary N) is 1. The van der Waals surface area contributed by atoms with E-state index in [9.17, 15) is 8.78 Å². The summed E-state index contributed by atoms with van der Waals surface area (Å²) in [6, 6.07) is 3.63. The van der Waals surface area contributed by atoms with Gasteiger partial charge in [-0.1, -0.05) is 28.7 Å². The fraction of sp³-hybridized carbons (Fsp3) is 0.333. The molecular weight excluding hydrogens is 287 g/mol. The largest absolute Gasteiger partial charge is 0.312 e. The minimum absolute atomic E-state index is 0.453. The maximum absolute atomic E-state index is 13.0. The minimum atomic E-state index is -0.532. The van der Waals surface area contributed by atoms with E-state index < -0.39 is 11.6 Å². The Morgan fingerprint density at radius 3 is 2.69 bits per heavy atom. The molecule has 1 nitrogen and oxygen atoms in total. The molecule has 0 aliphatic rings. The summed E-state index contributed by atoms with van der Waals surface area (Å²) in [5.74, 6) is -1.02. The van der Waals surface area contributed by atoms with E-state index >= 15 is 0 Å². The zero-order valence-electron chi connectivity index (χ0n) is 6.99. The van der Waals surface area contributed by atoms with E-state index in [1.165, 1.54) is 12.1 Å². The van der Waals surface area contributed by atoms with Crippen LogP contribution >= 0.6 is 22.6 Å². The molecule has 1 aromatic rings. The van der Waals surface area contributed by atoms with Crippen molar-refractivity contribution in [3.8, 4) is 0 Å². The van der Waals surface area contributed by atoms with Gasteiger partial charge in [0, 0.05) is 29.1 Å². The van der Waals surface area contributed by atoms with Crippen molar-refractivity contribution in [3.63, 3.8) is 0 Å². The molecule has 0 bridgehead atoms. The van der Waals surface area contributed by atoms with Crippen molar-refractivity contribution in [1.29, 1.82) is 0 Å². The molecule has 0 radical (unpaired) electrons. The summed E-state index contributed by atoms with van der Waals surface area (Å²) >= 11 is 2.23. The van der Waals surface area contributed by atoms with Crippen molar-refractivity contribution < 1.29 is 8.78 Å². The van der Waals surface area contributed by atoms with Crippen molar-refractivity contribution in [2.75, 3.05) is 11.0 Å². The van der Waals surface area contributed by atoms with E-state index in [0.717, 1.165) is 17.0 Å². The van der Waals surface area contributed by atoms with Gasteiger partial charge in [-0.15, -0.1) is 0 Å². The smallest absolute Gasteiger partial charge is 0.130 e. The van der Waals surface area contributed by atoms with Crippen LogP contribution in [-0.2, 0) is 6.54 Å². The summed E-state index contributed by atoms with van der Waals surface area (Å²) < 4.78 is 26.4. The van der Waals surface area contributed by atoms with Crippen molar-refractivity contribution in [1.82, 2.24) is 5.32 Å². The molecule has 4 heteroatoms. The minimum Gasteiger partial charge on any atom is -0.312 e. The first-order valence-electron chi connectivity index (χ1n) is 3.94. The molecule has 1 N–H and O–H groups in total. The van der Waals surface area contributed by atoms with Gasteiger partial charge in [0.05, 0.1) is 0 Å². The predicted octanol–water partition coefficient (Wildman–Crippen LogP) is 2.49. The first kappa shape index (κ1) is 10.8. The summed E-state index contributed by atoms with van der Waals surface area (Å²) in [5, 5.41) is 3.04. The van der Waals surface area contributed by atoms with Crippen LogP contribution in [0.15, 0.2) is 18.2 Å². The lowest BCUT2D eigenvalue weighted by molar-refractivity contribution is 0.563. The quantitative estimate of drug-likeness (QED) is 0.511. The molecule has 1 aromatic carbocycles. The highest BCUT2D eigenvalue weighted by atomic mass is 127. The Kier molecular flexibility index (Phi) is 4.58. The lowest BCUT2D eigenvalue weighted by Crippen LogP contribution is -2.16. The van der Waals surface area contributed by atoms with Crippen LogP contribution in [-0.4, -0.2) is 11.0 Å². The maximum atomic E-state index is 13.0. The van der Waals surface area contributed by atoms with Gasteiger partial charge < -0.3 is 5.32 Å². The number of benzene rings is 1. The van der Waals surface area contributed by atoms with E-state index in [1.807, 2.05) is 0 Å². The van der Waals surface area contributed by atoms with Gasteiger partial charge in [-0.2, -0.15) is 0 Å². The molecule has 0 saturated heterocycles. The topological polar surface area (TPSA) is 12.0 Å². The Morgan fingerprint density at radius 2 is 2.08 bits per heavy atom. The molecule has 1 rings (SSSR count). The highest BCUT2D eigenvalue weighted by molar-refractivity contribution is 14.1. The van der Waals surface area contributed by atoms with Gasteiger partial charge >= 0.3 is 0 Å². The zero-order valence-corrected chi connectivity index (χ0v) is 9.14. The van der Waals surface area contributed by atoms with E-state index in [4.69, 9.17) is 0 Å². The lowest BCUT2D eigenvalue weighted by atomic mass is 10.2. The molecule has 0 atom stereocenters. The fourth-order valence-electron chi connectivity index (χ4n) is 0.955. The summed E-state index contributed by atoms with van der Waals surface area (Å²) in [6.45, 7) is 1.28. The summed E-state index contributed by atoms with van der Waals surface area (Å²) in [4.78, 5) is 0. The number of hydrogen-bond donors (Lipinski definition) is 1. The number of hydrogen-bond acceptors (Lipinski definition) is 1. The molecule has 0 unspecified atom stereocenters. The molecule has 0 heterocycles. The standard InChI is InChI=1S/C9H10F2IN/c10-8-2-1-7(9(11)5-8)6-13-4-3-12/h1-2,5,13H,3-4,6H2. The molecule has 0 saturated carbocycles. The van der Waals surface area contributed by atoms with Crippen molar-refractivity contribution in [2.45, 2.75) is 6.54 Å². The average Bonchev–Trinajstić information content (AvgIpc) is 2.09. The van der Waals surface area contributed by atoms with Gasteiger partial charge in [-0.25, -0.2) is 8.78 Å². The molecule has 0 aliphatic carbocycles. The van der Waals surface area contributed by atoms with E-state index in [2.05, 4.69) is 27.9 Å². The van der Waals surface area contributed by atoms with Gasteiger partial charge in [0.2, 0.25) is 0 Å². The second-order valence-corrected chi connectivity index (χ2v) is 3.68. The van der Waals surface area contributed by atoms with E-state index in [1.54, 1.807) is 0 Å². The van der Waals surface area contributed by atoms with Crippen LogP contribution < -0.4 is 5.32 Å². The molecule has 0 amide bonds. The summed E-state index contributed by atoms with van der Waals surface area (Å²) in [6.07, 6.45) is 0. The third-order valence-electron chi connectivity index (χ3n) is 1.60. The normalized spacial score (nSPS) is 10.4. The first-order chi connectivity index (χ1) is 6.24. The third-order valence-corrected chi connectivity index (χ3v) is 2.14. The Bertz CT molecular complexity index is 278. The van der Waals surface area contributed by atoms with Crippen LogP contribution in [0.3, 0.4) is 0 Å². The number of halogens is 3. The average molecular weight is 297 g/mol. The molecule has 0 fully saturated rings. The predicted molar refractivity (Wildman–Crippen MR) is 57.0 cm³/mol. The second-order valence-electron chi connectivity index (χ2n) is 2.60. The van der Waals surface area contributed by atoms with Crippen LogP contribution in [0.4, 0.5) is 8.78 Å². The monoisotopic (exact) mass is 297 g/mol. The van der Waals surface area contributed by atoms with Crippen LogP contribution in [0.1, 0.15) is 5.56 Å².